The third-order valence-corrected chi connectivity index (χ3v) is 3.05. The number of rotatable bonds is 6. The van der Waals surface area contributed by atoms with Gasteiger partial charge in [-0.15, -0.1) is 0 Å². The number of carbonyl (C=O) groups excluding carboxylic acids is 1. The number of amides is 1. The van der Waals surface area contributed by atoms with Crippen LogP contribution in [-0.2, 0) is 0 Å². The predicted molar refractivity (Wildman–Crippen MR) is 85.9 cm³/mol. The molecule has 0 radical (unpaired) electrons. The molecular weight excluding hydrogens is 290 g/mol. The second-order valence-corrected chi connectivity index (χ2v) is 4.78. The molecule has 0 spiro atoms. The number of ether oxygens (including phenoxy) is 1. The van der Waals surface area contributed by atoms with Crippen LogP contribution in [0.2, 0.25) is 0 Å². The average Bonchev–Trinajstić information content (AvgIpc) is 2.59. The van der Waals surface area contributed by atoms with Crippen molar-refractivity contribution in [2.24, 2.45) is 0 Å². The smallest absolute Gasteiger partial charge is 0.255 e. The van der Waals surface area contributed by atoms with Crippen molar-refractivity contribution >= 4 is 11.6 Å². The number of nitrogens with zero attached hydrogens (tertiary/aromatic N) is 2. The Balaban J connectivity index is 2.01. The third kappa shape index (κ3) is 4.87. The molecule has 0 fully saturated rings. The van der Waals surface area contributed by atoms with E-state index in [-0.39, 0.29) is 5.91 Å². The van der Waals surface area contributed by atoms with Crippen LogP contribution in [0.15, 0.2) is 48.5 Å². The molecule has 2 aromatic carbocycles. The molecule has 1 N–H and O–H groups in total. The summed E-state index contributed by atoms with van der Waals surface area (Å²) in [6, 6.07) is 17.6. The second kappa shape index (κ2) is 8.21. The molecular formula is C18H15N3O2. The molecule has 0 heterocycles. The lowest BCUT2D eigenvalue weighted by Gasteiger charge is -2.09. The van der Waals surface area contributed by atoms with Gasteiger partial charge in [0, 0.05) is 23.7 Å². The highest BCUT2D eigenvalue weighted by atomic mass is 16.5. The normalized spacial score (nSPS) is 9.48. The quantitative estimate of drug-likeness (QED) is 0.828. The number of anilines is 1. The van der Waals surface area contributed by atoms with Crippen LogP contribution in [0.4, 0.5) is 5.69 Å². The van der Waals surface area contributed by atoms with Gasteiger partial charge in [0.2, 0.25) is 0 Å². The van der Waals surface area contributed by atoms with E-state index in [9.17, 15) is 4.79 Å². The number of hydrogen-bond donors (Lipinski definition) is 1. The van der Waals surface area contributed by atoms with E-state index in [1.165, 1.54) is 6.07 Å². The highest BCUT2D eigenvalue weighted by Gasteiger charge is 2.07. The highest BCUT2D eigenvalue weighted by molar-refractivity contribution is 6.04. The van der Waals surface area contributed by atoms with Crippen LogP contribution in [0.25, 0.3) is 0 Å². The molecule has 2 aromatic rings. The molecule has 0 atom stereocenters. The maximum Gasteiger partial charge on any atom is 0.255 e. The van der Waals surface area contributed by atoms with Crippen LogP contribution in [-0.4, -0.2) is 12.5 Å². The van der Waals surface area contributed by atoms with Crippen molar-refractivity contribution in [1.29, 1.82) is 10.5 Å². The van der Waals surface area contributed by atoms with Gasteiger partial charge < -0.3 is 10.1 Å². The minimum Gasteiger partial charge on any atom is -0.493 e. The summed E-state index contributed by atoms with van der Waals surface area (Å²) in [4.78, 5) is 12.2. The monoisotopic (exact) mass is 305 g/mol. The van der Waals surface area contributed by atoms with Crippen molar-refractivity contribution in [2.45, 2.75) is 12.8 Å². The highest BCUT2D eigenvalue weighted by Crippen LogP contribution is 2.18. The lowest BCUT2D eigenvalue weighted by atomic mass is 10.1. The molecule has 0 aromatic heterocycles. The minimum atomic E-state index is -0.288. The van der Waals surface area contributed by atoms with E-state index in [4.69, 9.17) is 15.3 Å². The van der Waals surface area contributed by atoms with Gasteiger partial charge >= 0.3 is 0 Å². The first-order chi connectivity index (χ1) is 11.2. The van der Waals surface area contributed by atoms with E-state index in [0.717, 1.165) is 0 Å². The lowest BCUT2D eigenvalue weighted by molar-refractivity contribution is 0.102. The molecule has 0 aliphatic carbocycles. The lowest BCUT2D eigenvalue weighted by Crippen LogP contribution is -2.12. The van der Waals surface area contributed by atoms with Gasteiger partial charge in [-0.1, -0.05) is 12.1 Å². The van der Waals surface area contributed by atoms with E-state index >= 15 is 0 Å². The molecule has 0 unspecified atom stereocenters. The van der Waals surface area contributed by atoms with Crippen molar-refractivity contribution in [1.82, 2.24) is 0 Å². The summed E-state index contributed by atoms with van der Waals surface area (Å²) in [5, 5.41) is 20.1. The van der Waals surface area contributed by atoms with Crippen molar-refractivity contribution < 1.29 is 9.53 Å². The SMILES string of the molecule is N#CCCCOc1cccc(NC(=O)c2cccc(C#N)c2)c1. The van der Waals surface area contributed by atoms with Crippen LogP contribution in [0, 0.1) is 22.7 Å². The summed E-state index contributed by atoms with van der Waals surface area (Å²) in [7, 11) is 0. The topological polar surface area (TPSA) is 85.9 Å². The Morgan fingerprint density at radius 2 is 1.96 bits per heavy atom. The maximum atomic E-state index is 12.2. The summed E-state index contributed by atoms with van der Waals surface area (Å²) in [6.45, 7) is 0.454. The molecule has 0 saturated heterocycles. The van der Waals surface area contributed by atoms with Gasteiger partial charge in [-0.3, -0.25) is 4.79 Å². The van der Waals surface area contributed by atoms with Crippen LogP contribution in [0.1, 0.15) is 28.8 Å². The molecule has 2 rings (SSSR count). The number of nitriles is 2. The first-order valence-electron chi connectivity index (χ1n) is 7.14. The van der Waals surface area contributed by atoms with Gasteiger partial charge in [0.15, 0.2) is 0 Å². The van der Waals surface area contributed by atoms with Crippen molar-refractivity contribution in [3.8, 4) is 17.9 Å². The van der Waals surface area contributed by atoms with E-state index in [0.29, 0.717) is 42.0 Å². The standard InChI is InChI=1S/C18H15N3O2/c19-9-1-2-10-23-17-8-4-7-16(12-17)21-18(22)15-6-3-5-14(11-15)13-20/h3-8,11-12H,1-2,10H2,(H,21,22). The summed E-state index contributed by atoms with van der Waals surface area (Å²) < 4.78 is 5.53. The first-order valence-corrected chi connectivity index (χ1v) is 7.14. The zero-order chi connectivity index (χ0) is 16.5. The summed E-state index contributed by atoms with van der Waals surface area (Å²) >= 11 is 0. The number of benzene rings is 2. The Labute approximate surface area is 134 Å². The molecule has 23 heavy (non-hydrogen) atoms. The van der Waals surface area contributed by atoms with Gasteiger partial charge in [-0.25, -0.2) is 0 Å². The molecule has 114 valence electrons. The van der Waals surface area contributed by atoms with Crippen LogP contribution < -0.4 is 10.1 Å². The Morgan fingerprint density at radius 3 is 2.74 bits per heavy atom. The van der Waals surface area contributed by atoms with E-state index in [2.05, 4.69) is 11.4 Å². The molecule has 5 heteroatoms. The Hall–Kier alpha value is -3.31. The molecule has 5 nitrogen and oxygen atoms in total. The molecule has 0 bridgehead atoms. The van der Waals surface area contributed by atoms with Crippen LogP contribution in [0.3, 0.4) is 0 Å². The van der Waals surface area contributed by atoms with Crippen molar-refractivity contribution in [3.05, 3.63) is 59.7 Å². The average molecular weight is 305 g/mol. The fourth-order valence-electron chi connectivity index (χ4n) is 1.94. The summed E-state index contributed by atoms with van der Waals surface area (Å²) in [6.07, 6.45) is 1.11. The first kappa shape index (κ1) is 16.1. The van der Waals surface area contributed by atoms with Gasteiger partial charge in [0.05, 0.1) is 24.3 Å². The fraction of sp³-hybridized carbons (Fsp3) is 0.167. The number of unbranched alkanes of at least 4 members (excludes halogenated alkanes) is 1. The third-order valence-electron chi connectivity index (χ3n) is 3.05. The van der Waals surface area contributed by atoms with Crippen LogP contribution >= 0.6 is 0 Å². The Morgan fingerprint density at radius 1 is 1.13 bits per heavy atom. The maximum absolute atomic E-state index is 12.2. The zero-order valence-corrected chi connectivity index (χ0v) is 12.5. The Bertz CT molecular complexity index is 772. The summed E-state index contributed by atoms with van der Waals surface area (Å²) in [5.41, 5.74) is 1.46. The van der Waals surface area contributed by atoms with Gasteiger partial charge in [-0.2, -0.15) is 10.5 Å². The molecule has 0 aliphatic rings. The van der Waals surface area contributed by atoms with Gasteiger partial charge in [-0.05, 0) is 36.8 Å². The summed E-state index contributed by atoms with van der Waals surface area (Å²) in [5.74, 6) is 0.343. The van der Waals surface area contributed by atoms with E-state index < -0.39 is 0 Å². The minimum absolute atomic E-state index is 0.288. The van der Waals surface area contributed by atoms with E-state index in [1.807, 2.05) is 6.07 Å². The molecule has 0 aliphatic heterocycles. The fourth-order valence-corrected chi connectivity index (χ4v) is 1.94. The number of nitrogens with one attached hydrogen (secondary N) is 1. The number of hydrogen-bond acceptors (Lipinski definition) is 4. The predicted octanol–water partition coefficient (Wildman–Crippen LogP) is 3.49. The van der Waals surface area contributed by atoms with Gasteiger partial charge in [0.25, 0.3) is 5.91 Å². The zero-order valence-electron chi connectivity index (χ0n) is 12.5. The van der Waals surface area contributed by atoms with Crippen molar-refractivity contribution in [2.75, 3.05) is 11.9 Å². The Kier molecular flexibility index (Phi) is 5.74. The van der Waals surface area contributed by atoms with Gasteiger partial charge in [0.1, 0.15) is 5.75 Å². The number of carbonyl (C=O) groups is 1. The van der Waals surface area contributed by atoms with Crippen molar-refractivity contribution in [3.63, 3.8) is 0 Å². The largest absolute Gasteiger partial charge is 0.493 e. The van der Waals surface area contributed by atoms with E-state index in [1.54, 1.807) is 42.5 Å². The molecule has 1 amide bonds. The second-order valence-electron chi connectivity index (χ2n) is 4.78. The molecule has 0 saturated carbocycles. The van der Waals surface area contributed by atoms with Crippen LogP contribution in [0.5, 0.6) is 5.75 Å².